The zero-order chi connectivity index (χ0) is 11.8. The predicted molar refractivity (Wildman–Crippen MR) is 56.3 cm³/mol. The van der Waals surface area contributed by atoms with Gasteiger partial charge in [-0.25, -0.2) is 18.1 Å². The molecule has 0 amide bonds. The van der Waals surface area contributed by atoms with Crippen molar-refractivity contribution in [1.82, 2.24) is 24.0 Å². The maximum atomic E-state index is 11.2. The van der Waals surface area contributed by atoms with E-state index in [-0.39, 0.29) is 6.04 Å². The average Bonchev–Trinajstić information content (AvgIpc) is 2.87. The van der Waals surface area contributed by atoms with E-state index < -0.39 is 10.0 Å². The Bertz CT molecular complexity index is 571. The smallest absolute Gasteiger partial charge is 0.244 e. The minimum absolute atomic E-state index is 0.148. The first-order chi connectivity index (χ1) is 7.48. The van der Waals surface area contributed by atoms with Gasteiger partial charge in [-0.3, -0.25) is 0 Å². The maximum absolute atomic E-state index is 11.2. The van der Waals surface area contributed by atoms with Crippen molar-refractivity contribution in [2.24, 2.45) is 0 Å². The van der Waals surface area contributed by atoms with E-state index in [4.69, 9.17) is 0 Å². The minimum Gasteiger partial charge on any atom is -0.244 e. The summed E-state index contributed by atoms with van der Waals surface area (Å²) in [5.41, 5.74) is 0.621. The van der Waals surface area contributed by atoms with Crippen LogP contribution < -0.4 is 0 Å². The molecule has 2 heterocycles. The van der Waals surface area contributed by atoms with Crippen molar-refractivity contribution in [3.8, 4) is 0 Å². The Hall–Kier alpha value is -1.70. The van der Waals surface area contributed by atoms with Crippen LogP contribution in [0.5, 0.6) is 0 Å². The number of hydrogen-bond donors (Lipinski definition) is 0. The highest BCUT2D eigenvalue weighted by molar-refractivity contribution is 7.89. The van der Waals surface area contributed by atoms with Crippen LogP contribution in [-0.4, -0.2) is 38.6 Å². The summed E-state index contributed by atoms with van der Waals surface area (Å²) in [6.45, 7) is 1.86. The lowest BCUT2D eigenvalue weighted by atomic mass is 10.2. The second-order valence-electron chi connectivity index (χ2n) is 3.43. The van der Waals surface area contributed by atoms with E-state index in [0.29, 0.717) is 5.69 Å². The van der Waals surface area contributed by atoms with Gasteiger partial charge in [0.1, 0.15) is 12.7 Å². The van der Waals surface area contributed by atoms with Crippen molar-refractivity contribution < 1.29 is 8.42 Å². The molecule has 0 saturated heterocycles. The topological polar surface area (TPSA) is 82.7 Å². The molecule has 8 heteroatoms. The summed E-state index contributed by atoms with van der Waals surface area (Å²) in [6, 6.07) is 1.50. The molecule has 0 aliphatic heterocycles. The van der Waals surface area contributed by atoms with Gasteiger partial charge in [-0.05, 0) is 13.0 Å². The first kappa shape index (κ1) is 10.8. The molecule has 0 spiro atoms. The van der Waals surface area contributed by atoms with E-state index in [2.05, 4.69) is 15.2 Å². The van der Waals surface area contributed by atoms with Gasteiger partial charge in [0.2, 0.25) is 0 Å². The summed E-state index contributed by atoms with van der Waals surface area (Å²) in [6.07, 6.45) is 5.50. The number of hydrogen-bond acceptors (Lipinski definition) is 5. The summed E-state index contributed by atoms with van der Waals surface area (Å²) in [4.78, 5) is 3.82. The zero-order valence-corrected chi connectivity index (χ0v) is 9.66. The lowest BCUT2D eigenvalue weighted by Gasteiger charge is -2.07. The van der Waals surface area contributed by atoms with Crippen LogP contribution in [-0.2, 0) is 10.0 Å². The second-order valence-corrected chi connectivity index (χ2v) is 5.27. The molecule has 1 atom stereocenters. The summed E-state index contributed by atoms with van der Waals surface area (Å²) in [7, 11) is -3.32. The Morgan fingerprint density at radius 1 is 1.44 bits per heavy atom. The predicted octanol–water partition coefficient (Wildman–Crippen LogP) is -0.108. The van der Waals surface area contributed by atoms with Crippen molar-refractivity contribution in [3.05, 3.63) is 30.6 Å². The van der Waals surface area contributed by atoms with Gasteiger partial charge < -0.3 is 0 Å². The van der Waals surface area contributed by atoms with Gasteiger partial charge in [-0.15, -0.1) is 0 Å². The van der Waals surface area contributed by atoms with Crippen LogP contribution in [0.2, 0.25) is 0 Å². The molecule has 7 nitrogen and oxygen atoms in total. The lowest BCUT2D eigenvalue weighted by Crippen LogP contribution is -2.13. The fourth-order valence-corrected chi connectivity index (χ4v) is 1.81. The largest absolute Gasteiger partial charge is 0.250 e. The van der Waals surface area contributed by atoms with E-state index in [1.165, 1.54) is 12.5 Å². The van der Waals surface area contributed by atoms with Crippen LogP contribution in [0.1, 0.15) is 18.7 Å². The Morgan fingerprint density at radius 2 is 2.19 bits per heavy atom. The summed E-state index contributed by atoms with van der Waals surface area (Å²) in [5.74, 6) is 0. The summed E-state index contributed by atoms with van der Waals surface area (Å²) in [5, 5.41) is 7.95. The third-order valence-electron chi connectivity index (χ3n) is 2.19. The fourth-order valence-electron chi connectivity index (χ4n) is 1.28. The molecule has 0 radical (unpaired) electrons. The summed E-state index contributed by atoms with van der Waals surface area (Å²) < 4.78 is 25.0. The van der Waals surface area contributed by atoms with Crippen LogP contribution in [0, 0.1) is 0 Å². The van der Waals surface area contributed by atoms with Crippen LogP contribution >= 0.6 is 0 Å². The third kappa shape index (κ3) is 1.96. The highest BCUT2D eigenvalue weighted by atomic mass is 32.2. The molecule has 2 rings (SSSR count). The van der Waals surface area contributed by atoms with E-state index in [9.17, 15) is 8.42 Å². The van der Waals surface area contributed by atoms with Crippen molar-refractivity contribution in [2.75, 3.05) is 6.26 Å². The Labute approximate surface area is 92.8 Å². The average molecular weight is 241 g/mol. The highest BCUT2D eigenvalue weighted by Crippen LogP contribution is 2.13. The molecule has 16 heavy (non-hydrogen) atoms. The molecule has 0 unspecified atom stereocenters. The number of aromatic nitrogens is 5. The van der Waals surface area contributed by atoms with Gasteiger partial charge >= 0.3 is 0 Å². The van der Waals surface area contributed by atoms with E-state index in [1.54, 1.807) is 17.1 Å². The van der Waals surface area contributed by atoms with Gasteiger partial charge in [0, 0.05) is 6.20 Å². The lowest BCUT2D eigenvalue weighted by molar-refractivity contribution is 0.542. The normalized spacial score (nSPS) is 13.9. The van der Waals surface area contributed by atoms with Crippen LogP contribution in [0.4, 0.5) is 0 Å². The molecular formula is C8H11N5O2S. The molecule has 0 aliphatic rings. The molecule has 0 fully saturated rings. The van der Waals surface area contributed by atoms with E-state index in [0.717, 1.165) is 10.3 Å². The third-order valence-corrected chi connectivity index (χ3v) is 3.07. The van der Waals surface area contributed by atoms with Crippen LogP contribution in [0.25, 0.3) is 0 Å². The SMILES string of the molecule is C[C@@H](c1ccn(S(C)(=O)=O)n1)n1cncn1. The van der Waals surface area contributed by atoms with E-state index >= 15 is 0 Å². The monoisotopic (exact) mass is 241 g/mol. The number of rotatable bonds is 3. The number of nitrogens with zero attached hydrogens (tertiary/aromatic N) is 5. The van der Waals surface area contributed by atoms with Crippen molar-refractivity contribution in [2.45, 2.75) is 13.0 Å². The Morgan fingerprint density at radius 3 is 2.69 bits per heavy atom. The Kier molecular flexibility index (Phi) is 2.50. The zero-order valence-electron chi connectivity index (χ0n) is 8.85. The second kappa shape index (κ2) is 3.71. The highest BCUT2D eigenvalue weighted by Gasteiger charge is 2.14. The molecule has 0 aliphatic carbocycles. The molecular weight excluding hydrogens is 230 g/mol. The maximum Gasteiger partial charge on any atom is 0.250 e. The summed E-state index contributed by atoms with van der Waals surface area (Å²) >= 11 is 0. The first-order valence-electron chi connectivity index (χ1n) is 4.58. The van der Waals surface area contributed by atoms with Crippen molar-refractivity contribution in [1.29, 1.82) is 0 Å². The van der Waals surface area contributed by atoms with Gasteiger partial charge in [0.15, 0.2) is 0 Å². The fraction of sp³-hybridized carbons (Fsp3) is 0.375. The first-order valence-corrected chi connectivity index (χ1v) is 6.43. The molecule has 2 aromatic heterocycles. The molecule has 0 bridgehead atoms. The van der Waals surface area contributed by atoms with E-state index in [1.807, 2.05) is 6.92 Å². The van der Waals surface area contributed by atoms with Gasteiger partial charge in [-0.2, -0.15) is 14.3 Å². The molecule has 2 aromatic rings. The quantitative estimate of drug-likeness (QED) is 0.748. The molecule has 0 aromatic carbocycles. The molecule has 0 N–H and O–H groups in total. The Balaban J connectivity index is 2.33. The van der Waals surface area contributed by atoms with Gasteiger partial charge in [0.25, 0.3) is 10.0 Å². The van der Waals surface area contributed by atoms with Crippen molar-refractivity contribution >= 4 is 10.0 Å². The van der Waals surface area contributed by atoms with Gasteiger partial charge in [-0.1, -0.05) is 0 Å². The van der Waals surface area contributed by atoms with Crippen LogP contribution in [0.3, 0.4) is 0 Å². The standard InChI is InChI=1S/C8H11N5O2S/c1-7(12-6-9-5-10-12)8-3-4-13(11-8)16(2,14)15/h3-7H,1-2H3/t7-/m0/s1. The minimum atomic E-state index is -3.32. The molecule has 0 saturated carbocycles. The van der Waals surface area contributed by atoms with Crippen LogP contribution in [0.15, 0.2) is 24.9 Å². The van der Waals surface area contributed by atoms with Gasteiger partial charge in [0.05, 0.1) is 18.0 Å². The van der Waals surface area contributed by atoms with Crippen molar-refractivity contribution in [3.63, 3.8) is 0 Å². The molecule has 86 valence electrons.